The number of benzene rings is 2. The Balaban J connectivity index is 1.28. The predicted octanol–water partition coefficient (Wildman–Crippen LogP) is 5.60. The maximum Gasteiger partial charge on any atom is 0.328 e. The molecule has 0 spiro atoms. The monoisotopic (exact) mass is 544 g/mol. The third-order valence-corrected chi connectivity index (χ3v) is 9.34. The first-order valence-corrected chi connectivity index (χ1v) is 13.5. The van der Waals surface area contributed by atoms with Crippen molar-refractivity contribution in [2.45, 2.75) is 52.6 Å². The summed E-state index contributed by atoms with van der Waals surface area (Å²) in [5, 5.41) is 8.77. The van der Waals surface area contributed by atoms with Crippen molar-refractivity contribution >= 4 is 57.1 Å². The van der Waals surface area contributed by atoms with Gasteiger partial charge in [-0.1, -0.05) is 50.0 Å². The molecule has 3 saturated carbocycles. The zero-order valence-corrected chi connectivity index (χ0v) is 22.9. The number of H-pyrrole nitrogens is 1. The summed E-state index contributed by atoms with van der Waals surface area (Å²) in [5.41, 5.74) is 1.62. The van der Waals surface area contributed by atoms with Crippen molar-refractivity contribution in [3.8, 4) is 0 Å². The molecule has 0 radical (unpaired) electrons. The average molecular weight is 546 g/mol. The highest BCUT2D eigenvalue weighted by Crippen LogP contribution is 2.61. The summed E-state index contributed by atoms with van der Waals surface area (Å²) in [5.74, 6) is 2.02. The van der Waals surface area contributed by atoms with Crippen molar-refractivity contribution in [1.82, 2.24) is 14.9 Å². The maximum absolute atomic E-state index is 13.1. The molecule has 6 rings (SSSR count). The zero-order valence-electron chi connectivity index (χ0n) is 20.5. The van der Waals surface area contributed by atoms with E-state index in [9.17, 15) is 9.59 Å². The SMILES string of the molecule is C[C@@H]1[C@@H](NC(=S)Nc2ccc3c(=O)n(CCc4ccc(Cl)cc4Cl)c(=O)[nH]c3c2)C[C@@H]2C[C@H]1C2(C)C. The molecule has 2 bridgehead atoms. The molecule has 1 aromatic heterocycles. The molecule has 36 heavy (non-hydrogen) atoms. The summed E-state index contributed by atoms with van der Waals surface area (Å²) in [6.07, 6.45) is 2.87. The van der Waals surface area contributed by atoms with E-state index < -0.39 is 5.69 Å². The van der Waals surface area contributed by atoms with Crippen LogP contribution in [0, 0.1) is 23.2 Å². The van der Waals surface area contributed by atoms with E-state index in [2.05, 4.69) is 36.4 Å². The molecule has 4 atom stereocenters. The molecule has 3 aliphatic carbocycles. The van der Waals surface area contributed by atoms with Gasteiger partial charge in [0.2, 0.25) is 0 Å². The van der Waals surface area contributed by atoms with Crippen molar-refractivity contribution in [3.63, 3.8) is 0 Å². The lowest BCUT2D eigenvalue weighted by atomic mass is 9.45. The standard InChI is InChI=1S/C27H30Cl2N4O2S/c1-14-20-10-16(27(20,2)3)11-22(14)31-25(36)30-18-6-7-19-23(13-18)32-26(35)33(24(19)34)9-8-15-4-5-17(28)12-21(15)29/h4-7,12-14,16,20,22H,8-11H2,1-3H3,(H,32,35)(H2,30,31,36)/t14-,16-,20+,22-/m0/s1. The molecular weight excluding hydrogens is 515 g/mol. The Hall–Kier alpha value is -2.35. The van der Waals surface area contributed by atoms with Crippen LogP contribution in [0.1, 0.15) is 39.2 Å². The average Bonchev–Trinajstić information content (AvgIpc) is 2.80. The molecular formula is C27H30Cl2N4O2S. The first kappa shape index (κ1) is 25.3. The van der Waals surface area contributed by atoms with Gasteiger partial charge in [0, 0.05) is 28.3 Å². The van der Waals surface area contributed by atoms with Crippen molar-refractivity contribution in [3.05, 3.63) is 72.8 Å². The number of aromatic nitrogens is 2. The highest BCUT2D eigenvalue weighted by molar-refractivity contribution is 7.80. The third kappa shape index (κ3) is 4.57. The van der Waals surface area contributed by atoms with Crippen LogP contribution in [-0.4, -0.2) is 20.7 Å². The van der Waals surface area contributed by atoms with Crippen molar-refractivity contribution < 1.29 is 0 Å². The summed E-state index contributed by atoms with van der Waals surface area (Å²) in [7, 11) is 0. The van der Waals surface area contributed by atoms with Gasteiger partial charge in [-0.2, -0.15) is 0 Å². The van der Waals surface area contributed by atoms with E-state index in [0.29, 0.717) is 49.9 Å². The van der Waals surface area contributed by atoms with Crippen LogP contribution in [0.15, 0.2) is 46.0 Å². The number of thiocarbonyl (C=S) groups is 1. The van der Waals surface area contributed by atoms with E-state index in [0.717, 1.165) is 29.5 Å². The van der Waals surface area contributed by atoms with Gasteiger partial charge in [0.05, 0.1) is 10.9 Å². The van der Waals surface area contributed by atoms with E-state index in [4.69, 9.17) is 35.4 Å². The fourth-order valence-electron chi connectivity index (χ4n) is 6.17. The highest BCUT2D eigenvalue weighted by Gasteiger charge is 2.56. The lowest BCUT2D eigenvalue weighted by molar-refractivity contribution is -0.111. The van der Waals surface area contributed by atoms with E-state index >= 15 is 0 Å². The molecule has 0 amide bonds. The second kappa shape index (κ2) is 9.51. The Morgan fingerprint density at radius 1 is 1.17 bits per heavy atom. The van der Waals surface area contributed by atoms with Crippen LogP contribution in [0.4, 0.5) is 5.69 Å². The van der Waals surface area contributed by atoms with Crippen LogP contribution in [0.5, 0.6) is 0 Å². The van der Waals surface area contributed by atoms with Gasteiger partial charge >= 0.3 is 5.69 Å². The van der Waals surface area contributed by atoms with Crippen molar-refractivity contribution in [2.24, 2.45) is 23.2 Å². The quantitative estimate of drug-likeness (QED) is 0.364. The Bertz CT molecular complexity index is 1460. The Kier molecular flexibility index (Phi) is 6.68. The minimum atomic E-state index is -0.465. The normalized spacial score (nSPS) is 24.2. The largest absolute Gasteiger partial charge is 0.359 e. The number of aryl methyl sites for hydroxylation is 1. The summed E-state index contributed by atoms with van der Waals surface area (Å²) >= 11 is 17.8. The van der Waals surface area contributed by atoms with Gasteiger partial charge in [0.25, 0.3) is 5.56 Å². The second-order valence-electron chi connectivity index (χ2n) is 10.8. The lowest BCUT2D eigenvalue weighted by Crippen LogP contribution is -2.61. The number of anilines is 1. The summed E-state index contributed by atoms with van der Waals surface area (Å²) in [6, 6.07) is 10.8. The molecule has 2 aromatic carbocycles. The number of hydrogen-bond acceptors (Lipinski definition) is 3. The minimum Gasteiger partial charge on any atom is -0.359 e. The van der Waals surface area contributed by atoms with Gasteiger partial charge in [-0.3, -0.25) is 9.36 Å². The lowest BCUT2D eigenvalue weighted by Gasteiger charge is -2.62. The number of halogens is 2. The van der Waals surface area contributed by atoms with E-state index in [1.807, 2.05) is 0 Å². The molecule has 1 heterocycles. The van der Waals surface area contributed by atoms with Crippen LogP contribution >= 0.6 is 35.4 Å². The molecule has 3 aromatic rings. The topological polar surface area (TPSA) is 78.9 Å². The van der Waals surface area contributed by atoms with Crippen LogP contribution in [-0.2, 0) is 13.0 Å². The third-order valence-electron chi connectivity index (χ3n) is 8.53. The second-order valence-corrected chi connectivity index (χ2v) is 12.0. The molecule has 6 nitrogen and oxygen atoms in total. The van der Waals surface area contributed by atoms with Crippen LogP contribution in [0.2, 0.25) is 10.0 Å². The Morgan fingerprint density at radius 2 is 1.94 bits per heavy atom. The first-order chi connectivity index (χ1) is 17.0. The first-order valence-electron chi connectivity index (χ1n) is 12.3. The fourth-order valence-corrected chi connectivity index (χ4v) is 6.94. The number of hydrogen-bond donors (Lipinski definition) is 3. The molecule has 0 aliphatic heterocycles. The van der Waals surface area contributed by atoms with Gasteiger partial charge in [-0.05, 0) is 90.5 Å². The molecule has 0 saturated heterocycles. The summed E-state index contributed by atoms with van der Waals surface area (Å²) in [6.45, 7) is 7.28. The molecule has 190 valence electrons. The Morgan fingerprint density at radius 3 is 2.64 bits per heavy atom. The van der Waals surface area contributed by atoms with Gasteiger partial charge in [0.15, 0.2) is 5.11 Å². The van der Waals surface area contributed by atoms with Gasteiger partial charge < -0.3 is 15.6 Å². The number of nitrogens with one attached hydrogen (secondary N) is 3. The van der Waals surface area contributed by atoms with E-state index in [-0.39, 0.29) is 12.1 Å². The number of nitrogens with zero attached hydrogens (tertiary/aromatic N) is 1. The minimum absolute atomic E-state index is 0.206. The molecule has 3 fully saturated rings. The molecule has 3 N–H and O–H groups in total. The highest BCUT2D eigenvalue weighted by atomic mass is 35.5. The van der Waals surface area contributed by atoms with Crippen molar-refractivity contribution in [2.75, 3.05) is 5.32 Å². The zero-order chi connectivity index (χ0) is 25.8. The van der Waals surface area contributed by atoms with E-state index in [1.165, 1.54) is 11.0 Å². The van der Waals surface area contributed by atoms with Crippen LogP contribution in [0.3, 0.4) is 0 Å². The summed E-state index contributed by atoms with van der Waals surface area (Å²) < 4.78 is 1.20. The van der Waals surface area contributed by atoms with E-state index in [1.54, 1.807) is 36.4 Å². The Labute approximate surface area is 225 Å². The number of rotatable bonds is 5. The molecule has 0 unspecified atom stereocenters. The predicted molar refractivity (Wildman–Crippen MR) is 151 cm³/mol. The number of fused-ring (bicyclic) bond motifs is 3. The smallest absolute Gasteiger partial charge is 0.328 e. The maximum atomic E-state index is 13.1. The molecule has 3 aliphatic rings. The van der Waals surface area contributed by atoms with Gasteiger partial charge in [-0.15, -0.1) is 0 Å². The molecule has 9 heteroatoms. The summed E-state index contributed by atoms with van der Waals surface area (Å²) in [4.78, 5) is 28.6. The van der Waals surface area contributed by atoms with Gasteiger partial charge in [0.1, 0.15) is 0 Å². The fraction of sp³-hybridized carbons (Fsp3) is 0.444. The van der Waals surface area contributed by atoms with Gasteiger partial charge in [-0.25, -0.2) is 4.79 Å². The van der Waals surface area contributed by atoms with Crippen LogP contribution in [0.25, 0.3) is 10.9 Å². The van der Waals surface area contributed by atoms with Crippen molar-refractivity contribution in [1.29, 1.82) is 0 Å². The number of aromatic amines is 1. The van der Waals surface area contributed by atoms with Crippen LogP contribution < -0.4 is 21.9 Å².